The lowest BCUT2D eigenvalue weighted by Gasteiger charge is -2.20. The summed E-state index contributed by atoms with van der Waals surface area (Å²) in [5.74, 6) is 1.38. The van der Waals surface area contributed by atoms with Crippen LogP contribution in [-0.2, 0) is 11.2 Å². The Hall–Kier alpha value is -3.38. The average Bonchev–Trinajstić information content (AvgIpc) is 3.18. The summed E-state index contributed by atoms with van der Waals surface area (Å²) in [5.41, 5.74) is 2.50. The van der Waals surface area contributed by atoms with Crippen molar-refractivity contribution in [1.82, 2.24) is 4.98 Å². The normalized spacial score (nSPS) is 10.7. The van der Waals surface area contributed by atoms with Gasteiger partial charge in [0.1, 0.15) is 11.5 Å². The highest BCUT2D eigenvalue weighted by molar-refractivity contribution is 7.22. The third-order valence-electron chi connectivity index (χ3n) is 4.55. The van der Waals surface area contributed by atoms with Crippen molar-refractivity contribution in [3.05, 3.63) is 78.4 Å². The summed E-state index contributed by atoms with van der Waals surface area (Å²) in [4.78, 5) is 19.7. The van der Waals surface area contributed by atoms with Crippen molar-refractivity contribution in [3.8, 4) is 11.5 Å². The van der Waals surface area contributed by atoms with E-state index in [9.17, 15) is 4.79 Å². The van der Waals surface area contributed by atoms with Gasteiger partial charge in [-0.25, -0.2) is 4.98 Å². The molecule has 4 rings (SSSR count). The fraction of sp³-hybridized carbons (Fsp3) is 0.130. The minimum Gasteiger partial charge on any atom is -0.497 e. The summed E-state index contributed by atoms with van der Waals surface area (Å²) in [6.45, 7) is 0. The monoisotopic (exact) mass is 404 g/mol. The van der Waals surface area contributed by atoms with E-state index in [4.69, 9.17) is 14.5 Å². The van der Waals surface area contributed by atoms with Crippen LogP contribution in [0.5, 0.6) is 11.5 Å². The lowest BCUT2D eigenvalue weighted by molar-refractivity contribution is -0.117. The maximum absolute atomic E-state index is 13.4. The molecule has 6 heteroatoms. The Bertz CT molecular complexity index is 1110. The topological polar surface area (TPSA) is 51.7 Å². The van der Waals surface area contributed by atoms with Gasteiger partial charge in [0.15, 0.2) is 5.13 Å². The summed E-state index contributed by atoms with van der Waals surface area (Å²) in [5, 5.41) is 0.637. The third kappa shape index (κ3) is 4.07. The van der Waals surface area contributed by atoms with Crippen LogP contribution in [0.1, 0.15) is 5.56 Å². The molecule has 0 aliphatic carbocycles. The summed E-state index contributed by atoms with van der Waals surface area (Å²) in [6.07, 6.45) is 0.247. The van der Waals surface area contributed by atoms with Crippen molar-refractivity contribution in [3.63, 3.8) is 0 Å². The quantitative estimate of drug-likeness (QED) is 0.442. The number of rotatable bonds is 6. The molecule has 1 heterocycles. The zero-order chi connectivity index (χ0) is 20.2. The van der Waals surface area contributed by atoms with Crippen LogP contribution in [0.4, 0.5) is 10.8 Å². The van der Waals surface area contributed by atoms with Gasteiger partial charge < -0.3 is 9.47 Å². The first-order valence-corrected chi connectivity index (χ1v) is 9.95. The van der Waals surface area contributed by atoms with Crippen molar-refractivity contribution in [2.75, 3.05) is 19.1 Å². The lowest BCUT2D eigenvalue weighted by Crippen LogP contribution is -2.27. The number of anilines is 2. The molecule has 1 amide bonds. The van der Waals surface area contributed by atoms with E-state index in [1.54, 1.807) is 19.1 Å². The number of thiazole rings is 1. The number of ether oxygens (including phenoxy) is 2. The van der Waals surface area contributed by atoms with E-state index < -0.39 is 0 Å². The number of carbonyl (C=O) groups is 1. The van der Waals surface area contributed by atoms with Crippen LogP contribution in [0.3, 0.4) is 0 Å². The minimum absolute atomic E-state index is 0.0672. The molecule has 146 valence electrons. The van der Waals surface area contributed by atoms with Gasteiger partial charge in [0, 0.05) is 6.07 Å². The standard InChI is InChI=1S/C23H20N2O3S/c1-27-18-12-10-16(11-13-18)14-22(26)25(17-6-5-7-19(15-17)28-2)23-24-20-8-3-4-9-21(20)29-23/h3-13,15H,14H2,1-2H3. The van der Waals surface area contributed by atoms with Crippen molar-refractivity contribution in [1.29, 1.82) is 0 Å². The van der Waals surface area contributed by atoms with Crippen LogP contribution in [-0.4, -0.2) is 25.1 Å². The highest BCUT2D eigenvalue weighted by atomic mass is 32.1. The van der Waals surface area contributed by atoms with Crippen molar-refractivity contribution < 1.29 is 14.3 Å². The van der Waals surface area contributed by atoms with Crippen molar-refractivity contribution in [2.45, 2.75) is 6.42 Å². The number of carbonyl (C=O) groups excluding carboxylic acids is 1. The number of aromatic nitrogens is 1. The van der Waals surface area contributed by atoms with Gasteiger partial charge in [-0.2, -0.15) is 0 Å². The van der Waals surface area contributed by atoms with Gasteiger partial charge in [-0.1, -0.05) is 41.7 Å². The second-order valence-corrected chi connectivity index (χ2v) is 7.43. The Balaban J connectivity index is 1.73. The molecule has 0 spiro atoms. The molecule has 0 aliphatic rings. The van der Waals surface area contributed by atoms with Crippen LogP contribution in [0, 0.1) is 0 Å². The summed E-state index contributed by atoms with van der Waals surface area (Å²) in [7, 11) is 3.23. The van der Waals surface area contributed by atoms with Crippen molar-refractivity contribution in [2.24, 2.45) is 0 Å². The predicted molar refractivity (Wildman–Crippen MR) is 116 cm³/mol. The molecule has 0 atom stereocenters. The van der Waals surface area contributed by atoms with E-state index in [1.807, 2.05) is 72.8 Å². The highest BCUT2D eigenvalue weighted by Crippen LogP contribution is 2.35. The van der Waals surface area contributed by atoms with E-state index in [0.717, 1.165) is 27.2 Å². The van der Waals surface area contributed by atoms with Gasteiger partial charge in [-0.05, 0) is 42.0 Å². The number of para-hydroxylation sites is 1. The van der Waals surface area contributed by atoms with Crippen molar-refractivity contribution >= 4 is 38.3 Å². The molecule has 0 aliphatic heterocycles. The molecule has 29 heavy (non-hydrogen) atoms. The van der Waals surface area contributed by atoms with Gasteiger partial charge >= 0.3 is 0 Å². The first-order valence-electron chi connectivity index (χ1n) is 9.13. The smallest absolute Gasteiger partial charge is 0.237 e. The Morgan fingerprint density at radius 2 is 1.69 bits per heavy atom. The van der Waals surface area contributed by atoms with Gasteiger partial charge in [-0.3, -0.25) is 9.69 Å². The summed E-state index contributed by atoms with van der Waals surface area (Å²) in [6, 6.07) is 22.9. The van der Waals surface area contributed by atoms with E-state index >= 15 is 0 Å². The van der Waals surface area contributed by atoms with Crippen LogP contribution in [0.2, 0.25) is 0 Å². The Kier molecular flexibility index (Phi) is 5.44. The molecular formula is C23H20N2O3S. The lowest BCUT2D eigenvalue weighted by atomic mass is 10.1. The Morgan fingerprint density at radius 1 is 0.931 bits per heavy atom. The SMILES string of the molecule is COc1ccc(CC(=O)N(c2cccc(OC)c2)c2nc3ccccc3s2)cc1. The largest absolute Gasteiger partial charge is 0.497 e. The molecule has 3 aromatic carbocycles. The molecule has 1 aromatic heterocycles. The van der Waals surface area contributed by atoms with Crippen LogP contribution < -0.4 is 14.4 Å². The molecule has 0 N–H and O–H groups in total. The first kappa shape index (κ1) is 19.0. The molecule has 4 aromatic rings. The summed E-state index contributed by atoms with van der Waals surface area (Å²) < 4.78 is 11.6. The first-order chi connectivity index (χ1) is 14.2. The van der Waals surface area contributed by atoms with Gasteiger partial charge in [0.2, 0.25) is 5.91 Å². The number of benzene rings is 3. The molecule has 0 saturated heterocycles. The van der Waals surface area contributed by atoms with E-state index in [1.165, 1.54) is 11.3 Å². The number of fused-ring (bicyclic) bond motifs is 1. The predicted octanol–water partition coefficient (Wildman–Crippen LogP) is 5.22. The number of amides is 1. The Morgan fingerprint density at radius 3 is 2.41 bits per heavy atom. The second kappa shape index (κ2) is 8.32. The molecule has 0 radical (unpaired) electrons. The number of hydrogen-bond acceptors (Lipinski definition) is 5. The molecule has 0 bridgehead atoms. The Labute approximate surface area is 173 Å². The maximum atomic E-state index is 13.4. The van der Waals surface area contributed by atoms with Gasteiger partial charge in [0.25, 0.3) is 0 Å². The van der Waals surface area contributed by atoms with Crippen LogP contribution >= 0.6 is 11.3 Å². The van der Waals surface area contributed by atoms with Gasteiger partial charge in [0.05, 0.1) is 36.5 Å². The summed E-state index contributed by atoms with van der Waals surface area (Å²) >= 11 is 1.49. The molecule has 0 saturated carbocycles. The molecule has 5 nitrogen and oxygen atoms in total. The highest BCUT2D eigenvalue weighted by Gasteiger charge is 2.22. The minimum atomic E-state index is -0.0672. The fourth-order valence-corrected chi connectivity index (χ4v) is 4.07. The zero-order valence-corrected chi connectivity index (χ0v) is 17.0. The van der Waals surface area contributed by atoms with E-state index in [2.05, 4.69) is 0 Å². The zero-order valence-electron chi connectivity index (χ0n) is 16.2. The molecule has 0 fully saturated rings. The van der Waals surface area contributed by atoms with Crippen LogP contribution in [0.25, 0.3) is 10.2 Å². The number of hydrogen-bond donors (Lipinski definition) is 0. The molecule has 0 unspecified atom stereocenters. The molecular weight excluding hydrogens is 384 g/mol. The third-order valence-corrected chi connectivity index (χ3v) is 5.57. The van der Waals surface area contributed by atoms with Crippen LogP contribution in [0.15, 0.2) is 72.8 Å². The fourth-order valence-electron chi connectivity index (χ4n) is 3.06. The number of nitrogens with zero attached hydrogens (tertiary/aromatic N) is 2. The average molecular weight is 404 g/mol. The second-order valence-electron chi connectivity index (χ2n) is 6.42. The number of methoxy groups -OCH3 is 2. The van der Waals surface area contributed by atoms with E-state index in [0.29, 0.717) is 10.9 Å². The van der Waals surface area contributed by atoms with E-state index in [-0.39, 0.29) is 12.3 Å². The van der Waals surface area contributed by atoms with Gasteiger partial charge in [-0.15, -0.1) is 0 Å². The maximum Gasteiger partial charge on any atom is 0.237 e.